The Bertz CT molecular complexity index is 813. The van der Waals surface area contributed by atoms with E-state index in [0.717, 1.165) is 18.4 Å². The van der Waals surface area contributed by atoms with Crippen molar-refractivity contribution in [1.29, 1.82) is 0 Å². The van der Waals surface area contributed by atoms with Gasteiger partial charge in [-0.2, -0.15) is 8.78 Å². The van der Waals surface area contributed by atoms with E-state index in [1.54, 1.807) is 12.1 Å². The number of nitrogens with one attached hydrogen (secondary N) is 1. The second-order valence-electron chi connectivity index (χ2n) is 5.95. The molecule has 132 valence electrons. The maximum atomic E-state index is 13.6. The normalized spacial score (nSPS) is 20.0. The van der Waals surface area contributed by atoms with Crippen LogP contribution in [0.25, 0.3) is 0 Å². The second-order valence-corrected chi connectivity index (χ2v) is 7.52. The topological polar surface area (TPSA) is 42.0 Å². The van der Waals surface area contributed by atoms with Gasteiger partial charge in [0.2, 0.25) is 0 Å². The van der Waals surface area contributed by atoms with Gasteiger partial charge in [0.1, 0.15) is 5.69 Å². The zero-order valence-electron chi connectivity index (χ0n) is 13.0. The number of benzene rings is 1. The summed E-state index contributed by atoms with van der Waals surface area (Å²) < 4.78 is 27.3. The Hall–Kier alpha value is -1.29. The summed E-state index contributed by atoms with van der Waals surface area (Å²) in [6.45, 7) is 0. The van der Waals surface area contributed by atoms with Crippen LogP contribution in [0.15, 0.2) is 36.5 Å². The average Bonchev–Trinajstić information content (AvgIpc) is 2.53. The van der Waals surface area contributed by atoms with Crippen LogP contribution in [-0.4, -0.2) is 16.9 Å². The summed E-state index contributed by atoms with van der Waals surface area (Å²) in [6, 6.07) is 7.87. The first-order valence-corrected chi connectivity index (χ1v) is 8.98. The van der Waals surface area contributed by atoms with E-state index in [9.17, 15) is 13.6 Å². The van der Waals surface area contributed by atoms with Crippen LogP contribution in [0, 0.1) is 0 Å². The average molecular weight is 403 g/mol. The van der Waals surface area contributed by atoms with Gasteiger partial charge in [-0.05, 0) is 42.7 Å². The predicted molar refractivity (Wildman–Crippen MR) is 97.5 cm³/mol. The molecule has 0 spiro atoms. The van der Waals surface area contributed by atoms with Gasteiger partial charge in [0, 0.05) is 28.2 Å². The molecule has 1 amide bonds. The van der Waals surface area contributed by atoms with E-state index in [0.29, 0.717) is 10.0 Å². The lowest BCUT2D eigenvalue weighted by molar-refractivity contribution is 0.0840. The van der Waals surface area contributed by atoms with Gasteiger partial charge < -0.3 is 5.32 Å². The fourth-order valence-electron chi connectivity index (χ4n) is 2.95. The first-order chi connectivity index (χ1) is 11.8. The molecule has 25 heavy (non-hydrogen) atoms. The van der Waals surface area contributed by atoms with Crippen molar-refractivity contribution in [2.45, 2.75) is 30.5 Å². The molecule has 1 N–H and O–H groups in total. The third kappa shape index (κ3) is 3.94. The van der Waals surface area contributed by atoms with Gasteiger partial charge in [-0.15, -0.1) is 0 Å². The standard InChI is InChI=1S/C17H15Cl2F2N2OP/c18-9-3-4-10(13(19)8-9)11-5-6-14(11)23-16(24)12-2-1-7-22-15(12)17(20,21)25/h1-4,7-8,11,14H,5-6,25H2,(H,23,24)/t11-,14-/m0/s1. The van der Waals surface area contributed by atoms with Crippen LogP contribution in [-0.2, 0) is 5.66 Å². The summed E-state index contributed by atoms with van der Waals surface area (Å²) in [5.74, 6) is -0.532. The Balaban J connectivity index is 1.78. The highest BCUT2D eigenvalue weighted by Crippen LogP contribution is 2.41. The molecule has 3 nitrogen and oxygen atoms in total. The van der Waals surface area contributed by atoms with Gasteiger partial charge in [-0.3, -0.25) is 9.78 Å². The predicted octanol–water partition coefficient (Wildman–Crippen LogP) is 4.99. The number of pyridine rings is 1. The van der Waals surface area contributed by atoms with E-state index < -0.39 is 17.3 Å². The summed E-state index contributed by atoms with van der Waals surface area (Å²) in [6.07, 6.45) is 2.85. The molecule has 1 aromatic carbocycles. The minimum Gasteiger partial charge on any atom is -0.349 e. The van der Waals surface area contributed by atoms with Crippen molar-refractivity contribution in [3.63, 3.8) is 0 Å². The van der Waals surface area contributed by atoms with Crippen LogP contribution in [0.2, 0.25) is 10.0 Å². The van der Waals surface area contributed by atoms with Crippen molar-refractivity contribution in [2.24, 2.45) is 0 Å². The quantitative estimate of drug-likeness (QED) is 0.732. The molecule has 1 saturated carbocycles. The van der Waals surface area contributed by atoms with Gasteiger partial charge in [0.05, 0.1) is 5.56 Å². The number of nitrogens with zero attached hydrogens (tertiary/aromatic N) is 1. The molecule has 3 atom stereocenters. The number of hydrogen-bond acceptors (Lipinski definition) is 2. The van der Waals surface area contributed by atoms with Gasteiger partial charge in [-0.25, -0.2) is 0 Å². The lowest BCUT2D eigenvalue weighted by Gasteiger charge is -2.38. The van der Waals surface area contributed by atoms with Crippen molar-refractivity contribution in [3.05, 3.63) is 63.4 Å². The van der Waals surface area contributed by atoms with Gasteiger partial charge >= 0.3 is 5.66 Å². The summed E-state index contributed by atoms with van der Waals surface area (Å²) in [5.41, 5.74) is -3.06. The SMILES string of the molecule is O=C(N[C@H]1CC[C@H]1c1ccc(Cl)cc1Cl)c1cccnc1C(F)(F)P. The van der Waals surface area contributed by atoms with Crippen molar-refractivity contribution >= 4 is 38.3 Å². The number of alkyl halides is 2. The first-order valence-electron chi connectivity index (χ1n) is 7.65. The number of aromatic nitrogens is 1. The summed E-state index contributed by atoms with van der Waals surface area (Å²) in [7, 11) is 1.41. The van der Waals surface area contributed by atoms with E-state index in [4.69, 9.17) is 23.2 Å². The highest BCUT2D eigenvalue weighted by molar-refractivity contribution is 7.17. The summed E-state index contributed by atoms with van der Waals surface area (Å²) in [4.78, 5) is 16.1. The molecule has 0 aliphatic heterocycles. The van der Waals surface area contributed by atoms with Crippen molar-refractivity contribution in [2.75, 3.05) is 0 Å². The lowest BCUT2D eigenvalue weighted by Crippen LogP contribution is -2.46. The number of halogens is 4. The van der Waals surface area contributed by atoms with Crippen LogP contribution in [0.4, 0.5) is 8.78 Å². The number of rotatable bonds is 4. The molecule has 3 rings (SSSR count). The monoisotopic (exact) mass is 402 g/mol. The molecule has 1 fully saturated rings. The number of hydrogen-bond donors (Lipinski definition) is 1. The Kier molecular flexibility index (Phi) is 5.29. The highest BCUT2D eigenvalue weighted by Gasteiger charge is 2.37. The zero-order valence-corrected chi connectivity index (χ0v) is 15.6. The fourth-order valence-corrected chi connectivity index (χ4v) is 3.73. The van der Waals surface area contributed by atoms with Crippen LogP contribution in [0.5, 0.6) is 0 Å². The van der Waals surface area contributed by atoms with Gasteiger partial charge in [0.15, 0.2) is 0 Å². The van der Waals surface area contributed by atoms with Gasteiger partial charge in [0.25, 0.3) is 5.91 Å². The van der Waals surface area contributed by atoms with E-state index in [1.165, 1.54) is 27.6 Å². The molecule has 2 aromatic rings. The molecule has 1 aromatic heterocycles. The van der Waals surface area contributed by atoms with E-state index in [2.05, 4.69) is 10.3 Å². The molecule has 1 aliphatic rings. The number of carbonyl (C=O) groups excluding carboxylic acids is 1. The third-order valence-electron chi connectivity index (χ3n) is 4.32. The molecule has 0 saturated heterocycles. The molecular weight excluding hydrogens is 388 g/mol. The first kappa shape index (κ1) is 18.5. The van der Waals surface area contributed by atoms with Crippen LogP contribution < -0.4 is 5.32 Å². The molecule has 1 heterocycles. The second kappa shape index (κ2) is 7.14. The Morgan fingerprint density at radius 2 is 2.04 bits per heavy atom. The van der Waals surface area contributed by atoms with E-state index >= 15 is 0 Å². The van der Waals surface area contributed by atoms with Crippen LogP contribution >= 0.6 is 32.4 Å². The number of carbonyl (C=O) groups is 1. The van der Waals surface area contributed by atoms with E-state index in [1.807, 2.05) is 6.07 Å². The summed E-state index contributed by atoms with van der Waals surface area (Å²) >= 11 is 12.1. The molecular formula is C17H15Cl2F2N2OP. The minimum absolute atomic E-state index is 0.0327. The Morgan fingerprint density at radius 1 is 1.28 bits per heavy atom. The highest BCUT2D eigenvalue weighted by atomic mass is 35.5. The molecule has 1 unspecified atom stereocenters. The molecule has 8 heteroatoms. The fraction of sp³-hybridized carbons (Fsp3) is 0.294. The minimum atomic E-state index is -3.27. The van der Waals surface area contributed by atoms with Crippen LogP contribution in [0.1, 0.15) is 40.4 Å². The Labute approximate surface area is 156 Å². The smallest absolute Gasteiger partial charge is 0.301 e. The number of amides is 1. The van der Waals surface area contributed by atoms with Crippen LogP contribution in [0.3, 0.4) is 0 Å². The zero-order chi connectivity index (χ0) is 18.2. The van der Waals surface area contributed by atoms with Crippen molar-refractivity contribution in [1.82, 2.24) is 10.3 Å². The molecule has 0 radical (unpaired) electrons. The summed E-state index contributed by atoms with van der Waals surface area (Å²) in [5, 5.41) is 3.90. The Morgan fingerprint density at radius 3 is 2.64 bits per heavy atom. The van der Waals surface area contributed by atoms with Gasteiger partial charge in [-0.1, -0.05) is 38.5 Å². The van der Waals surface area contributed by atoms with Crippen molar-refractivity contribution < 1.29 is 13.6 Å². The molecule has 1 aliphatic carbocycles. The third-order valence-corrected chi connectivity index (χ3v) is 5.16. The van der Waals surface area contributed by atoms with Crippen molar-refractivity contribution in [3.8, 4) is 0 Å². The maximum Gasteiger partial charge on any atom is 0.301 e. The largest absolute Gasteiger partial charge is 0.349 e. The molecule has 0 bridgehead atoms. The van der Waals surface area contributed by atoms with E-state index in [-0.39, 0.29) is 17.5 Å². The lowest BCUT2D eigenvalue weighted by atomic mass is 9.75. The maximum absolute atomic E-state index is 13.6.